The molecular weight excluding hydrogens is 355 g/mol. The number of benzene rings is 2. The Hall–Kier alpha value is -1.39. The predicted octanol–water partition coefficient (Wildman–Crippen LogP) is 5.54. The first-order chi connectivity index (χ1) is 9.97. The van der Waals surface area contributed by atoms with Gasteiger partial charge in [0.25, 0.3) is 0 Å². The predicted molar refractivity (Wildman–Crippen MR) is 87.7 cm³/mol. The molecule has 2 nitrogen and oxygen atoms in total. The van der Waals surface area contributed by atoms with Crippen molar-refractivity contribution < 1.29 is 4.39 Å². The molecule has 0 N–H and O–H groups in total. The average Bonchev–Trinajstić information content (AvgIpc) is 2.78. The topological polar surface area (TPSA) is 17.8 Å². The first-order valence-corrected chi connectivity index (χ1v) is 7.79. The van der Waals surface area contributed by atoms with E-state index in [4.69, 9.17) is 11.6 Å². The Morgan fingerprint density at radius 1 is 1.29 bits per heavy atom. The smallest absolute Gasteiger partial charge is 0.132 e. The van der Waals surface area contributed by atoms with Crippen molar-refractivity contribution in [1.82, 2.24) is 9.55 Å². The SMILES string of the molecule is Cc1cc2c(cc1F)nc(C(C)Cl)n2-c1cccc(Br)c1. The van der Waals surface area contributed by atoms with Gasteiger partial charge >= 0.3 is 0 Å². The monoisotopic (exact) mass is 366 g/mol. The van der Waals surface area contributed by atoms with E-state index in [0.717, 1.165) is 15.7 Å². The summed E-state index contributed by atoms with van der Waals surface area (Å²) in [6.07, 6.45) is 0. The zero-order valence-electron chi connectivity index (χ0n) is 11.6. The first-order valence-electron chi connectivity index (χ1n) is 6.56. The van der Waals surface area contributed by atoms with Crippen LogP contribution in [0.2, 0.25) is 0 Å². The van der Waals surface area contributed by atoms with Crippen molar-refractivity contribution in [3.63, 3.8) is 0 Å². The molecule has 0 fully saturated rings. The molecule has 1 unspecified atom stereocenters. The van der Waals surface area contributed by atoms with Crippen LogP contribution in [0, 0.1) is 12.7 Å². The second kappa shape index (κ2) is 5.43. The van der Waals surface area contributed by atoms with Gasteiger partial charge in [0.05, 0.1) is 16.4 Å². The highest BCUT2D eigenvalue weighted by atomic mass is 79.9. The van der Waals surface area contributed by atoms with E-state index in [0.29, 0.717) is 16.9 Å². The highest BCUT2D eigenvalue weighted by Gasteiger charge is 2.17. The van der Waals surface area contributed by atoms with Crippen molar-refractivity contribution in [2.75, 3.05) is 0 Å². The van der Waals surface area contributed by atoms with E-state index in [2.05, 4.69) is 20.9 Å². The van der Waals surface area contributed by atoms with Crippen molar-refractivity contribution in [3.8, 4) is 5.69 Å². The van der Waals surface area contributed by atoms with Crippen LogP contribution in [0.15, 0.2) is 40.9 Å². The van der Waals surface area contributed by atoms with Gasteiger partial charge in [0.2, 0.25) is 0 Å². The van der Waals surface area contributed by atoms with Gasteiger partial charge in [-0.1, -0.05) is 22.0 Å². The molecule has 1 heterocycles. The van der Waals surface area contributed by atoms with Crippen LogP contribution in [0.5, 0.6) is 0 Å². The molecule has 0 aliphatic heterocycles. The van der Waals surface area contributed by atoms with Gasteiger partial charge in [-0.15, -0.1) is 11.6 Å². The Labute approximate surface area is 135 Å². The number of imidazole rings is 1. The van der Waals surface area contributed by atoms with Crippen LogP contribution in [-0.2, 0) is 0 Å². The van der Waals surface area contributed by atoms with Gasteiger partial charge in [0.1, 0.15) is 11.6 Å². The fourth-order valence-electron chi connectivity index (χ4n) is 2.37. The van der Waals surface area contributed by atoms with Crippen molar-refractivity contribution in [1.29, 1.82) is 0 Å². The Morgan fingerprint density at radius 2 is 2.05 bits per heavy atom. The minimum absolute atomic E-state index is 0.254. The normalized spacial score (nSPS) is 12.8. The molecule has 0 saturated carbocycles. The van der Waals surface area contributed by atoms with Crippen LogP contribution < -0.4 is 0 Å². The summed E-state index contributed by atoms with van der Waals surface area (Å²) >= 11 is 9.73. The Balaban J connectivity index is 2.38. The number of nitrogens with zero attached hydrogens (tertiary/aromatic N) is 2. The van der Waals surface area contributed by atoms with Gasteiger partial charge < -0.3 is 0 Å². The number of aromatic nitrogens is 2. The number of aryl methyl sites for hydroxylation is 1. The lowest BCUT2D eigenvalue weighted by atomic mass is 10.2. The fourth-order valence-corrected chi connectivity index (χ4v) is 2.91. The van der Waals surface area contributed by atoms with Crippen molar-refractivity contribution in [2.24, 2.45) is 0 Å². The fraction of sp³-hybridized carbons (Fsp3) is 0.188. The summed E-state index contributed by atoms with van der Waals surface area (Å²) in [7, 11) is 0. The first kappa shape index (κ1) is 14.5. The summed E-state index contributed by atoms with van der Waals surface area (Å²) in [6.45, 7) is 3.61. The lowest BCUT2D eigenvalue weighted by Crippen LogP contribution is -2.02. The Morgan fingerprint density at radius 3 is 2.71 bits per heavy atom. The van der Waals surface area contributed by atoms with Crippen LogP contribution in [0.3, 0.4) is 0 Å². The van der Waals surface area contributed by atoms with E-state index in [1.54, 1.807) is 13.0 Å². The molecule has 0 aliphatic rings. The van der Waals surface area contributed by atoms with E-state index in [9.17, 15) is 4.39 Å². The average molecular weight is 368 g/mol. The maximum absolute atomic E-state index is 13.8. The molecule has 21 heavy (non-hydrogen) atoms. The molecule has 0 amide bonds. The molecule has 5 heteroatoms. The summed E-state index contributed by atoms with van der Waals surface area (Å²) in [4.78, 5) is 4.50. The molecule has 0 bridgehead atoms. The summed E-state index contributed by atoms with van der Waals surface area (Å²) in [5.41, 5.74) is 3.00. The molecule has 0 spiro atoms. The minimum Gasteiger partial charge on any atom is -0.295 e. The van der Waals surface area contributed by atoms with Crippen LogP contribution in [0.25, 0.3) is 16.7 Å². The van der Waals surface area contributed by atoms with E-state index in [1.165, 1.54) is 6.07 Å². The van der Waals surface area contributed by atoms with E-state index in [1.807, 2.05) is 35.8 Å². The van der Waals surface area contributed by atoms with Gasteiger partial charge in [-0.05, 0) is 43.7 Å². The molecule has 0 aliphatic carbocycles. The molecule has 3 aromatic rings. The van der Waals surface area contributed by atoms with Gasteiger partial charge in [0.15, 0.2) is 0 Å². The van der Waals surface area contributed by atoms with Crippen molar-refractivity contribution >= 4 is 38.6 Å². The highest BCUT2D eigenvalue weighted by Crippen LogP contribution is 2.30. The maximum Gasteiger partial charge on any atom is 0.132 e. The van der Waals surface area contributed by atoms with Crippen LogP contribution in [-0.4, -0.2) is 9.55 Å². The van der Waals surface area contributed by atoms with Crippen LogP contribution in [0.4, 0.5) is 4.39 Å². The van der Waals surface area contributed by atoms with Crippen LogP contribution in [0.1, 0.15) is 23.7 Å². The molecule has 1 aromatic heterocycles. The molecule has 2 aromatic carbocycles. The van der Waals surface area contributed by atoms with Crippen molar-refractivity contribution in [2.45, 2.75) is 19.2 Å². The molecular formula is C16H13BrClFN2. The number of rotatable bonds is 2. The van der Waals surface area contributed by atoms with Gasteiger partial charge in [-0.3, -0.25) is 4.57 Å². The van der Waals surface area contributed by atoms with Gasteiger partial charge in [-0.25, -0.2) is 9.37 Å². The Kier molecular flexibility index (Phi) is 3.76. The standard InChI is InChI=1S/C16H13BrClFN2/c1-9-6-15-14(8-13(9)19)20-16(10(2)18)21(15)12-5-3-4-11(17)7-12/h3-8,10H,1-2H3. The summed E-state index contributed by atoms with van der Waals surface area (Å²) < 4.78 is 16.7. The number of hydrogen-bond acceptors (Lipinski definition) is 1. The van der Waals surface area contributed by atoms with E-state index < -0.39 is 0 Å². The second-order valence-corrected chi connectivity index (χ2v) is 6.56. The zero-order valence-corrected chi connectivity index (χ0v) is 13.9. The quantitative estimate of drug-likeness (QED) is 0.544. The lowest BCUT2D eigenvalue weighted by Gasteiger charge is -2.11. The number of hydrogen-bond donors (Lipinski definition) is 0. The molecule has 1 atom stereocenters. The Bertz CT molecular complexity index is 827. The molecule has 0 radical (unpaired) electrons. The number of halogens is 3. The highest BCUT2D eigenvalue weighted by molar-refractivity contribution is 9.10. The second-order valence-electron chi connectivity index (χ2n) is 4.99. The zero-order chi connectivity index (χ0) is 15.1. The number of fused-ring (bicyclic) bond motifs is 1. The number of alkyl halides is 1. The largest absolute Gasteiger partial charge is 0.295 e. The summed E-state index contributed by atoms with van der Waals surface area (Å²) in [6, 6.07) is 11.1. The molecule has 3 rings (SSSR count). The lowest BCUT2D eigenvalue weighted by molar-refractivity contribution is 0.620. The van der Waals surface area contributed by atoms with Crippen LogP contribution >= 0.6 is 27.5 Å². The van der Waals surface area contributed by atoms with Gasteiger partial charge in [-0.2, -0.15) is 0 Å². The molecule has 108 valence electrons. The van der Waals surface area contributed by atoms with Crippen molar-refractivity contribution in [3.05, 3.63) is 58.1 Å². The maximum atomic E-state index is 13.8. The summed E-state index contributed by atoms with van der Waals surface area (Å²) in [5, 5.41) is -0.278. The van der Waals surface area contributed by atoms with E-state index in [-0.39, 0.29) is 11.2 Å². The third kappa shape index (κ3) is 2.58. The van der Waals surface area contributed by atoms with E-state index >= 15 is 0 Å². The summed E-state index contributed by atoms with van der Waals surface area (Å²) in [5.74, 6) is 0.449. The van der Waals surface area contributed by atoms with Gasteiger partial charge in [0, 0.05) is 16.2 Å². The third-order valence-corrected chi connectivity index (χ3v) is 4.07. The minimum atomic E-state index is -0.278. The molecule has 0 saturated heterocycles. The third-order valence-electron chi connectivity index (χ3n) is 3.38.